The molecular weight excluding hydrogens is 262 g/mol. The van der Waals surface area contributed by atoms with Crippen LogP contribution in [0, 0.1) is 0 Å². The van der Waals surface area contributed by atoms with Gasteiger partial charge in [0.2, 0.25) is 0 Å². The van der Waals surface area contributed by atoms with Gasteiger partial charge in [0.15, 0.2) is 10.9 Å². The fourth-order valence-electron chi connectivity index (χ4n) is 1.57. The van der Waals surface area contributed by atoms with Crippen LogP contribution in [0.3, 0.4) is 0 Å². The van der Waals surface area contributed by atoms with Gasteiger partial charge >= 0.3 is 0 Å². The molecule has 0 aliphatic heterocycles. The first-order chi connectivity index (χ1) is 9.18. The van der Waals surface area contributed by atoms with E-state index in [1.54, 1.807) is 24.2 Å². The monoisotopic (exact) mass is 277 g/mol. The first kappa shape index (κ1) is 13.6. The highest BCUT2D eigenvalue weighted by atomic mass is 32.2. The summed E-state index contributed by atoms with van der Waals surface area (Å²) < 4.78 is 7.49. The van der Waals surface area contributed by atoms with Crippen LogP contribution in [-0.2, 0) is 7.05 Å². The van der Waals surface area contributed by atoms with Crippen molar-refractivity contribution in [3.8, 4) is 5.75 Å². The number of hydrogen-bond donors (Lipinski definition) is 0. The van der Waals surface area contributed by atoms with Gasteiger partial charge in [0.25, 0.3) is 0 Å². The minimum atomic E-state index is 0.0107. The van der Waals surface area contributed by atoms with E-state index in [0.29, 0.717) is 17.9 Å². The number of ether oxygens (including phenoxy) is 1. The average molecular weight is 277 g/mol. The average Bonchev–Trinajstić information content (AvgIpc) is 2.80. The molecule has 0 amide bonds. The molecule has 0 saturated heterocycles. The van der Waals surface area contributed by atoms with E-state index < -0.39 is 0 Å². The standard InChI is InChI=1S/C13H15N3O2S/c1-10(17)11-5-3-4-6-12(11)18-7-8-19-13-15-14-9-16(13)2/h3-6,9H,7-8H2,1-2H3. The molecule has 0 N–H and O–H groups in total. The zero-order chi connectivity index (χ0) is 13.7. The second-order valence-corrected chi connectivity index (χ2v) is 5.04. The molecule has 0 aliphatic rings. The predicted molar refractivity (Wildman–Crippen MR) is 73.7 cm³/mol. The van der Waals surface area contributed by atoms with Crippen molar-refractivity contribution in [1.29, 1.82) is 0 Å². The second kappa shape index (κ2) is 6.38. The number of carbonyl (C=O) groups is 1. The molecule has 19 heavy (non-hydrogen) atoms. The molecule has 0 fully saturated rings. The fraction of sp³-hybridized carbons (Fsp3) is 0.308. The van der Waals surface area contributed by atoms with Crippen LogP contribution in [0.1, 0.15) is 17.3 Å². The van der Waals surface area contributed by atoms with Crippen molar-refractivity contribution in [2.24, 2.45) is 7.05 Å². The van der Waals surface area contributed by atoms with Crippen molar-refractivity contribution in [2.75, 3.05) is 12.4 Å². The third-order valence-electron chi connectivity index (χ3n) is 2.51. The van der Waals surface area contributed by atoms with Gasteiger partial charge in [-0.25, -0.2) is 0 Å². The zero-order valence-corrected chi connectivity index (χ0v) is 11.7. The van der Waals surface area contributed by atoms with Crippen LogP contribution in [0.2, 0.25) is 0 Å². The Morgan fingerprint density at radius 3 is 2.89 bits per heavy atom. The lowest BCUT2D eigenvalue weighted by molar-refractivity contribution is 0.101. The maximum Gasteiger partial charge on any atom is 0.190 e. The maximum absolute atomic E-state index is 11.4. The molecule has 1 heterocycles. The summed E-state index contributed by atoms with van der Waals surface area (Å²) in [5.41, 5.74) is 0.617. The molecule has 2 aromatic rings. The van der Waals surface area contributed by atoms with E-state index in [1.807, 2.05) is 29.8 Å². The molecule has 0 radical (unpaired) electrons. The van der Waals surface area contributed by atoms with Gasteiger partial charge in [-0.15, -0.1) is 10.2 Å². The number of benzene rings is 1. The number of rotatable bonds is 6. The summed E-state index contributed by atoms with van der Waals surface area (Å²) in [6.45, 7) is 2.05. The molecule has 6 heteroatoms. The molecule has 0 atom stereocenters. The molecule has 0 aliphatic carbocycles. The van der Waals surface area contributed by atoms with Gasteiger partial charge in [-0.3, -0.25) is 4.79 Å². The molecule has 2 rings (SSSR count). The number of aryl methyl sites for hydroxylation is 1. The van der Waals surface area contributed by atoms with Crippen LogP contribution in [0.4, 0.5) is 0 Å². The highest BCUT2D eigenvalue weighted by molar-refractivity contribution is 7.99. The Balaban J connectivity index is 1.86. The predicted octanol–water partition coefficient (Wildman–Crippen LogP) is 2.19. The van der Waals surface area contributed by atoms with Gasteiger partial charge in [-0.1, -0.05) is 23.9 Å². The lowest BCUT2D eigenvalue weighted by Crippen LogP contribution is -2.05. The summed E-state index contributed by atoms with van der Waals surface area (Å²) in [7, 11) is 1.90. The molecule has 0 spiro atoms. The van der Waals surface area contributed by atoms with Gasteiger partial charge in [0.05, 0.1) is 12.2 Å². The number of aromatic nitrogens is 3. The second-order valence-electron chi connectivity index (χ2n) is 3.97. The van der Waals surface area contributed by atoms with Gasteiger partial charge in [0.1, 0.15) is 12.1 Å². The van der Waals surface area contributed by atoms with Crippen molar-refractivity contribution in [1.82, 2.24) is 14.8 Å². The third kappa shape index (κ3) is 3.57. The summed E-state index contributed by atoms with van der Waals surface area (Å²) in [5, 5.41) is 8.63. The number of Topliss-reactive ketones (excluding diaryl/α,β-unsaturated/α-hetero) is 1. The Kier molecular flexibility index (Phi) is 4.57. The molecule has 0 saturated carbocycles. The van der Waals surface area contributed by atoms with Crippen LogP contribution < -0.4 is 4.74 Å². The van der Waals surface area contributed by atoms with Crippen molar-refractivity contribution >= 4 is 17.5 Å². The van der Waals surface area contributed by atoms with Gasteiger partial charge in [-0.05, 0) is 19.1 Å². The number of carbonyl (C=O) groups excluding carboxylic acids is 1. The molecule has 100 valence electrons. The number of nitrogens with zero attached hydrogens (tertiary/aromatic N) is 3. The van der Waals surface area contributed by atoms with Crippen LogP contribution >= 0.6 is 11.8 Å². The van der Waals surface area contributed by atoms with Gasteiger partial charge in [0, 0.05) is 12.8 Å². The van der Waals surface area contributed by atoms with Crippen LogP contribution in [0.15, 0.2) is 35.7 Å². The molecule has 0 bridgehead atoms. The first-order valence-electron chi connectivity index (χ1n) is 5.88. The molecule has 1 aromatic heterocycles. The van der Waals surface area contributed by atoms with E-state index in [1.165, 1.54) is 6.92 Å². The van der Waals surface area contributed by atoms with Crippen LogP contribution in [0.25, 0.3) is 0 Å². The van der Waals surface area contributed by atoms with Crippen molar-refractivity contribution in [3.05, 3.63) is 36.2 Å². The quantitative estimate of drug-likeness (QED) is 0.460. The normalized spacial score (nSPS) is 10.4. The van der Waals surface area contributed by atoms with E-state index in [2.05, 4.69) is 10.2 Å². The highest BCUT2D eigenvalue weighted by Crippen LogP contribution is 2.19. The molecule has 0 unspecified atom stereocenters. The minimum Gasteiger partial charge on any atom is -0.492 e. The van der Waals surface area contributed by atoms with E-state index in [9.17, 15) is 4.79 Å². The summed E-state index contributed by atoms with van der Waals surface area (Å²) in [5.74, 6) is 1.39. The van der Waals surface area contributed by atoms with Crippen molar-refractivity contribution in [3.63, 3.8) is 0 Å². The molecule has 1 aromatic carbocycles. The number of ketones is 1. The third-order valence-corrected chi connectivity index (χ3v) is 3.51. The van der Waals surface area contributed by atoms with Gasteiger partial charge < -0.3 is 9.30 Å². The fourth-order valence-corrected chi connectivity index (χ4v) is 2.28. The van der Waals surface area contributed by atoms with E-state index in [4.69, 9.17) is 4.74 Å². The SMILES string of the molecule is CC(=O)c1ccccc1OCCSc1nncn1C. The zero-order valence-electron chi connectivity index (χ0n) is 10.9. The first-order valence-corrected chi connectivity index (χ1v) is 6.86. The maximum atomic E-state index is 11.4. The summed E-state index contributed by atoms with van der Waals surface area (Å²) >= 11 is 1.57. The number of thioether (sulfide) groups is 1. The van der Waals surface area contributed by atoms with Crippen molar-refractivity contribution < 1.29 is 9.53 Å². The summed E-state index contributed by atoms with van der Waals surface area (Å²) in [6, 6.07) is 7.27. The van der Waals surface area contributed by atoms with Crippen molar-refractivity contribution in [2.45, 2.75) is 12.1 Å². The Hall–Kier alpha value is -1.82. The molecule has 5 nitrogen and oxygen atoms in total. The van der Waals surface area contributed by atoms with E-state index in [-0.39, 0.29) is 5.78 Å². The van der Waals surface area contributed by atoms with Gasteiger partial charge in [-0.2, -0.15) is 0 Å². The van der Waals surface area contributed by atoms with E-state index >= 15 is 0 Å². The Morgan fingerprint density at radius 1 is 1.42 bits per heavy atom. The topological polar surface area (TPSA) is 57.0 Å². The van der Waals surface area contributed by atoms with E-state index in [0.717, 1.165) is 10.9 Å². The summed E-state index contributed by atoms with van der Waals surface area (Å²) in [6.07, 6.45) is 1.66. The molecular formula is C13H15N3O2S. The number of hydrogen-bond acceptors (Lipinski definition) is 5. The van der Waals surface area contributed by atoms with Crippen LogP contribution in [0.5, 0.6) is 5.75 Å². The lowest BCUT2D eigenvalue weighted by Gasteiger charge is -2.09. The largest absolute Gasteiger partial charge is 0.492 e. The Labute approximate surface area is 116 Å². The highest BCUT2D eigenvalue weighted by Gasteiger charge is 2.07. The minimum absolute atomic E-state index is 0.0107. The van der Waals surface area contributed by atoms with Crippen LogP contribution in [-0.4, -0.2) is 32.9 Å². The number of para-hydroxylation sites is 1. The smallest absolute Gasteiger partial charge is 0.190 e. The lowest BCUT2D eigenvalue weighted by atomic mass is 10.1. The Bertz CT molecular complexity index is 569. The Morgan fingerprint density at radius 2 is 2.21 bits per heavy atom. The summed E-state index contributed by atoms with van der Waals surface area (Å²) in [4.78, 5) is 11.4.